The van der Waals surface area contributed by atoms with E-state index < -0.39 is 10.0 Å². The first kappa shape index (κ1) is 19.2. The van der Waals surface area contributed by atoms with Crippen LogP contribution in [0.15, 0.2) is 18.2 Å². The minimum Gasteiger partial charge on any atom is -0.326 e. The molecule has 1 aromatic rings. The van der Waals surface area contributed by atoms with E-state index in [1.807, 2.05) is 6.92 Å². The van der Waals surface area contributed by atoms with Crippen molar-refractivity contribution in [3.05, 3.63) is 28.8 Å². The van der Waals surface area contributed by atoms with Gasteiger partial charge in [0.25, 0.3) is 0 Å². The zero-order valence-corrected chi connectivity index (χ0v) is 15.6. The van der Waals surface area contributed by atoms with Crippen LogP contribution in [0.1, 0.15) is 44.1 Å². The number of sulfonamides is 1. The predicted octanol–water partition coefficient (Wildman–Crippen LogP) is 3.57. The van der Waals surface area contributed by atoms with Crippen LogP contribution in [0.3, 0.4) is 0 Å². The molecular weight excluding hydrogens is 348 g/mol. The highest BCUT2D eigenvalue weighted by molar-refractivity contribution is 7.89. The summed E-state index contributed by atoms with van der Waals surface area (Å²) in [5.41, 5.74) is 1.65. The van der Waals surface area contributed by atoms with Crippen molar-refractivity contribution in [3.63, 3.8) is 0 Å². The second kappa shape index (κ2) is 8.83. The number of unbranched alkanes of at least 4 members (excludes halogenated alkanes) is 1. The van der Waals surface area contributed by atoms with Crippen molar-refractivity contribution in [2.75, 3.05) is 24.2 Å². The third-order valence-corrected chi connectivity index (χ3v) is 6.42. The van der Waals surface area contributed by atoms with E-state index in [2.05, 4.69) is 5.32 Å². The molecule has 0 saturated carbocycles. The highest BCUT2D eigenvalue weighted by atomic mass is 35.5. The van der Waals surface area contributed by atoms with Gasteiger partial charge >= 0.3 is 0 Å². The second-order valence-electron chi connectivity index (χ2n) is 6.24. The average molecular weight is 373 g/mol. The maximum absolute atomic E-state index is 12.2. The topological polar surface area (TPSA) is 66.5 Å². The Hall–Kier alpha value is -1.11. The highest BCUT2D eigenvalue weighted by Crippen LogP contribution is 2.20. The Morgan fingerprint density at radius 1 is 1.21 bits per heavy atom. The number of benzene rings is 1. The lowest BCUT2D eigenvalue weighted by molar-refractivity contribution is -0.116. The summed E-state index contributed by atoms with van der Waals surface area (Å²) in [6, 6.07) is 5.30. The molecule has 1 amide bonds. The fraction of sp³-hybridized carbons (Fsp3) is 0.588. The first-order valence-corrected chi connectivity index (χ1v) is 10.4. The van der Waals surface area contributed by atoms with Gasteiger partial charge < -0.3 is 5.32 Å². The molecule has 0 spiro atoms. The van der Waals surface area contributed by atoms with Gasteiger partial charge in [-0.05, 0) is 56.4 Å². The van der Waals surface area contributed by atoms with Gasteiger partial charge in [0.15, 0.2) is 0 Å². The fourth-order valence-electron chi connectivity index (χ4n) is 2.82. The van der Waals surface area contributed by atoms with Gasteiger partial charge in [-0.2, -0.15) is 0 Å². The lowest BCUT2D eigenvalue weighted by atomic mass is 10.2. The van der Waals surface area contributed by atoms with Crippen molar-refractivity contribution >= 4 is 33.2 Å². The molecule has 0 aliphatic carbocycles. The van der Waals surface area contributed by atoms with Crippen molar-refractivity contribution in [3.8, 4) is 0 Å². The molecule has 5 nitrogen and oxygen atoms in total. The number of carbonyl (C=O) groups excluding carboxylic acids is 1. The largest absolute Gasteiger partial charge is 0.326 e. The van der Waals surface area contributed by atoms with Gasteiger partial charge in [-0.1, -0.05) is 18.0 Å². The number of rotatable bonds is 7. The molecule has 1 heterocycles. The van der Waals surface area contributed by atoms with Crippen molar-refractivity contribution in [2.24, 2.45) is 0 Å². The number of anilines is 1. The van der Waals surface area contributed by atoms with Crippen LogP contribution in [0, 0.1) is 6.92 Å². The zero-order valence-electron chi connectivity index (χ0n) is 14.1. The van der Waals surface area contributed by atoms with Gasteiger partial charge in [0.05, 0.1) is 5.75 Å². The summed E-state index contributed by atoms with van der Waals surface area (Å²) in [6.07, 6.45) is 4.38. The Labute approximate surface area is 149 Å². The number of carbonyl (C=O) groups is 1. The van der Waals surface area contributed by atoms with Crippen molar-refractivity contribution in [2.45, 2.75) is 45.4 Å². The summed E-state index contributed by atoms with van der Waals surface area (Å²) in [4.78, 5) is 12.0. The third-order valence-electron chi connectivity index (χ3n) is 4.23. The molecule has 0 unspecified atom stereocenters. The normalized spacial score (nSPS) is 16.1. The fourth-order valence-corrected chi connectivity index (χ4v) is 4.69. The monoisotopic (exact) mass is 372 g/mol. The highest BCUT2D eigenvalue weighted by Gasteiger charge is 2.23. The summed E-state index contributed by atoms with van der Waals surface area (Å²) in [5.74, 6) is 0.0241. The van der Waals surface area contributed by atoms with E-state index in [4.69, 9.17) is 11.6 Å². The van der Waals surface area contributed by atoms with Gasteiger partial charge in [0.2, 0.25) is 15.9 Å². The molecule has 134 valence electrons. The summed E-state index contributed by atoms with van der Waals surface area (Å²) < 4.78 is 26.0. The third kappa shape index (κ3) is 5.76. The Kier molecular flexibility index (Phi) is 7.07. The molecule has 24 heavy (non-hydrogen) atoms. The Bertz CT molecular complexity index is 670. The maximum atomic E-state index is 12.2. The van der Waals surface area contributed by atoms with Crippen LogP contribution in [0.4, 0.5) is 5.69 Å². The number of amides is 1. The summed E-state index contributed by atoms with van der Waals surface area (Å²) in [6.45, 7) is 3.16. The minimum absolute atomic E-state index is 0.101. The van der Waals surface area contributed by atoms with E-state index in [1.54, 1.807) is 22.5 Å². The molecule has 1 saturated heterocycles. The first-order chi connectivity index (χ1) is 11.4. The smallest absolute Gasteiger partial charge is 0.224 e. The van der Waals surface area contributed by atoms with E-state index in [-0.39, 0.29) is 11.7 Å². The molecule has 0 atom stereocenters. The number of nitrogens with one attached hydrogen (secondary N) is 1. The molecular formula is C17H25ClN2O3S. The minimum atomic E-state index is -3.16. The van der Waals surface area contributed by atoms with Crippen LogP contribution in [0.5, 0.6) is 0 Å². The van der Waals surface area contributed by atoms with Crippen molar-refractivity contribution in [1.29, 1.82) is 0 Å². The average Bonchev–Trinajstić information content (AvgIpc) is 2.55. The van der Waals surface area contributed by atoms with Crippen LogP contribution in [-0.4, -0.2) is 37.5 Å². The van der Waals surface area contributed by atoms with Crippen LogP contribution in [-0.2, 0) is 14.8 Å². The number of hydrogen-bond donors (Lipinski definition) is 1. The number of hydrogen-bond acceptors (Lipinski definition) is 3. The van der Waals surface area contributed by atoms with Crippen molar-refractivity contribution < 1.29 is 13.2 Å². The molecule has 0 radical (unpaired) electrons. The molecule has 1 aliphatic heterocycles. The SMILES string of the molecule is Cc1cc(Cl)ccc1NC(=O)CCCCS(=O)(=O)N1CCCCC1. The first-order valence-electron chi connectivity index (χ1n) is 8.42. The summed E-state index contributed by atoms with van der Waals surface area (Å²) >= 11 is 5.89. The quantitative estimate of drug-likeness (QED) is 0.744. The summed E-state index contributed by atoms with van der Waals surface area (Å²) in [5, 5.41) is 3.47. The summed E-state index contributed by atoms with van der Waals surface area (Å²) in [7, 11) is -3.16. The van der Waals surface area contributed by atoms with Gasteiger partial charge in [0.1, 0.15) is 0 Å². The number of aryl methyl sites for hydroxylation is 1. The van der Waals surface area contributed by atoms with Gasteiger partial charge in [-0.3, -0.25) is 4.79 Å². The van der Waals surface area contributed by atoms with Crippen LogP contribution in [0.2, 0.25) is 5.02 Å². The van der Waals surface area contributed by atoms with Crippen LogP contribution < -0.4 is 5.32 Å². The lowest BCUT2D eigenvalue weighted by Crippen LogP contribution is -2.37. The second-order valence-corrected chi connectivity index (χ2v) is 8.77. The molecule has 2 rings (SSSR count). The molecule has 1 aromatic carbocycles. The van der Waals surface area contributed by atoms with Gasteiger partial charge in [0, 0.05) is 30.2 Å². The Morgan fingerprint density at radius 2 is 1.92 bits per heavy atom. The molecule has 7 heteroatoms. The molecule has 1 aliphatic rings. The molecule has 0 aromatic heterocycles. The Balaban J connectivity index is 1.72. The van der Waals surface area contributed by atoms with E-state index in [9.17, 15) is 13.2 Å². The number of halogens is 1. The number of nitrogens with zero attached hydrogens (tertiary/aromatic N) is 1. The number of piperidine rings is 1. The predicted molar refractivity (Wildman–Crippen MR) is 97.9 cm³/mol. The van der Waals surface area contributed by atoms with Gasteiger partial charge in [-0.15, -0.1) is 0 Å². The van der Waals surface area contributed by atoms with E-state index >= 15 is 0 Å². The standard InChI is InChI=1S/C17H25ClN2O3S/c1-14-13-15(18)8-9-16(14)19-17(21)7-3-6-12-24(22,23)20-10-4-2-5-11-20/h8-9,13H,2-7,10-12H2,1H3,(H,19,21). The molecule has 0 bridgehead atoms. The zero-order chi connectivity index (χ0) is 17.6. The van der Waals surface area contributed by atoms with Crippen LogP contribution >= 0.6 is 11.6 Å². The van der Waals surface area contributed by atoms with Crippen molar-refractivity contribution in [1.82, 2.24) is 4.31 Å². The van der Waals surface area contributed by atoms with E-state index in [0.29, 0.717) is 37.4 Å². The molecule has 1 N–H and O–H groups in total. The van der Waals surface area contributed by atoms with E-state index in [0.717, 1.165) is 30.5 Å². The maximum Gasteiger partial charge on any atom is 0.224 e. The lowest BCUT2D eigenvalue weighted by Gasteiger charge is -2.25. The van der Waals surface area contributed by atoms with E-state index in [1.165, 1.54) is 0 Å². The van der Waals surface area contributed by atoms with Gasteiger partial charge in [-0.25, -0.2) is 12.7 Å². The van der Waals surface area contributed by atoms with Crippen LogP contribution in [0.25, 0.3) is 0 Å². The Morgan fingerprint density at radius 3 is 2.58 bits per heavy atom. The molecule has 1 fully saturated rings.